The van der Waals surface area contributed by atoms with Crippen LogP contribution in [0.2, 0.25) is 0 Å². The molecular weight excluding hydrogens is 358 g/mol. The molecule has 5 heteroatoms. The number of halogens is 1. The molecule has 1 N–H and O–H groups in total. The molecule has 0 bridgehead atoms. The largest absolute Gasteiger partial charge is 0.507 e. The summed E-state index contributed by atoms with van der Waals surface area (Å²) in [5, 5.41) is 10.9. The molecule has 2 heterocycles. The van der Waals surface area contributed by atoms with Gasteiger partial charge in [0, 0.05) is 34.2 Å². The van der Waals surface area contributed by atoms with Crippen LogP contribution in [0.3, 0.4) is 0 Å². The van der Waals surface area contributed by atoms with Crippen LogP contribution in [0.4, 0.5) is 0 Å². The van der Waals surface area contributed by atoms with Crippen LogP contribution >= 0.6 is 15.9 Å². The molecule has 1 aromatic heterocycles. The Balaban J connectivity index is 1.86. The van der Waals surface area contributed by atoms with Crippen molar-refractivity contribution in [3.8, 4) is 11.5 Å². The second-order valence-corrected chi connectivity index (χ2v) is 6.36. The summed E-state index contributed by atoms with van der Waals surface area (Å²) in [6.45, 7) is 0. The molecule has 0 fully saturated rings. The maximum absolute atomic E-state index is 12.5. The molecule has 4 nitrogen and oxygen atoms in total. The van der Waals surface area contributed by atoms with Crippen LogP contribution in [0.1, 0.15) is 15.9 Å². The van der Waals surface area contributed by atoms with Crippen molar-refractivity contribution in [2.75, 3.05) is 0 Å². The van der Waals surface area contributed by atoms with Gasteiger partial charge in [-0.1, -0.05) is 22.0 Å². The molecule has 0 atom stereocenters. The second kappa shape index (κ2) is 4.99. The lowest BCUT2D eigenvalue weighted by Gasteiger charge is -1.98. The summed E-state index contributed by atoms with van der Waals surface area (Å²) in [7, 11) is 1.95. The van der Waals surface area contributed by atoms with Crippen molar-refractivity contribution in [3.63, 3.8) is 0 Å². The highest BCUT2D eigenvalue weighted by Gasteiger charge is 2.30. The fourth-order valence-electron chi connectivity index (χ4n) is 2.87. The van der Waals surface area contributed by atoms with Crippen molar-refractivity contribution in [3.05, 3.63) is 64.0 Å². The number of benzene rings is 2. The van der Waals surface area contributed by atoms with Gasteiger partial charge < -0.3 is 14.4 Å². The summed E-state index contributed by atoms with van der Waals surface area (Å²) in [6.07, 6.45) is 3.67. The Morgan fingerprint density at radius 3 is 2.87 bits per heavy atom. The zero-order valence-electron chi connectivity index (χ0n) is 12.2. The van der Waals surface area contributed by atoms with Crippen LogP contribution in [0.5, 0.6) is 11.5 Å². The van der Waals surface area contributed by atoms with Crippen molar-refractivity contribution in [2.45, 2.75) is 0 Å². The van der Waals surface area contributed by atoms with Gasteiger partial charge in [0.15, 0.2) is 5.76 Å². The molecule has 3 aromatic rings. The minimum absolute atomic E-state index is 0.0587. The average molecular weight is 370 g/mol. The van der Waals surface area contributed by atoms with Crippen LogP contribution in [0.25, 0.3) is 17.0 Å². The van der Waals surface area contributed by atoms with Crippen LogP contribution in [0.15, 0.2) is 52.8 Å². The number of Topliss-reactive ketones (excluding diaryl/α,β-unsaturated/α-hetero) is 1. The van der Waals surface area contributed by atoms with E-state index in [1.54, 1.807) is 18.2 Å². The number of nitrogens with zero attached hydrogens (tertiary/aromatic N) is 1. The average Bonchev–Trinajstić information content (AvgIpc) is 2.99. The maximum Gasteiger partial charge on any atom is 0.235 e. The van der Waals surface area contributed by atoms with E-state index in [9.17, 15) is 9.90 Å². The van der Waals surface area contributed by atoms with E-state index in [2.05, 4.69) is 15.9 Å². The summed E-state index contributed by atoms with van der Waals surface area (Å²) in [5.41, 5.74) is 2.17. The molecule has 114 valence electrons. The number of aromatic nitrogens is 1. The lowest BCUT2D eigenvalue weighted by molar-refractivity contribution is 0.101. The molecule has 4 rings (SSSR count). The zero-order valence-corrected chi connectivity index (χ0v) is 13.8. The first kappa shape index (κ1) is 14.1. The van der Waals surface area contributed by atoms with Crippen LogP contribution in [-0.4, -0.2) is 15.5 Å². The van der Waals surface area contributed by atoms with Gasteiger partial charge in [-0.15, -0.1) is 0 Å². The summed E-state index contributed by atoms with van der Waals surface area (Å²) in [6, 6.07) is 10.8. The Kier molecular flexibility index (Phi) is 3.06. The van der Waals surface area contributed by atoms with Crippen LogP contribution in [-0.2, 0) is 7.05 Å². The predicted octanol–water partition coefficient (Wildman–Crippen LogP) is 4.26. The van der Waals surface area contributed by atoms with Gasteiger partial charge in [0.05, 0.1) is 0 Å². The summed E-state index contributed by atoms with van der Waals surface area (Å²) in [4.78, 5) is 12.5. The lowest BCUT2D eigenvalue weighted by Crippen LogP contribution is -1.98. The molecule has 0 amide bonds. The number of carbonyl (C=O) groups excluding carboxylic acids is 1. The SMILES string of the molecule is Cn1cc(/C=C2\Oc3cccc(O)c3C2=O)c2cc(Br)ccc21. The van der Waals surface area contributed by atoms with Gasteiger partial charge in [-0.3, -0.25) is 4.79 Å². The Morgan fingerprint density at radius 2 is 2.09 bits per heavy atom. The van der Waals surface area contributed by atoms with Crippen molar-refractivity contribution in [1.29, 1.82) is 0 Å². The number of aromatic hydroxyl groups is 1. The number of hydrogen-bond acceptors (Lipinski definition) is 3. The third-order valence-corrected chi connectivity index (χ3v) is 4.44. The molecule has 0 spiro atoms. The second-order valence-electron chi connectivity index (χ2n) is 5.45. The highest BCUT2D eigenvalue weighted by atomic mass is 79.9. The van der Waals surface area contributed by atoms with E-state index in [-0.39, 0.29) is 22.9 Å². The quantitative estimate of drug-likeness (QED) is 0.651. The first-order chi connectivity index (χ1) is 11.0. The number of carbonyl (C=O) groups is 1. The molecule has 0 saturated carbocycles. The zero-order chi connectivity index (χ0) is 16.1. The topological polar surface area (TPSA) is 51.5 Å². The smallest absolute Gasteiger partial charge is 0.235 e. The van der Waals surface area contributed by atoms with E-state index in [0.717, 1.165) is 20.9 Å². The number of ether oxygens (including phenoxy) is 1. The Hall–Kier alpha value is -2.53. The number of fused-ring (bicyclic) bond motifs is 2. The standard InChI is InChI=1S/C18H12BrNO3/c1-20-9-10(12-8-11(19)5-6-13(12)20)7-16-18(22)17-14(21)3-2-4-15(17)23-16/h2-9,21H,1H3/b16-7-. The van der Waals surface area contributed by atoms with E-state index in [4.69, 9.17) is 4.74 Å². The molecule has 0 aliphatic carbocycles. The number of ketones is 1. The van der Waals surface area contributed by atoms with E-state index in [0.29, 0.717) is 5.75 Å². The number of aryl methyl sites for hydroxylation is 1. The lowest BCUT2D eigenvalue weighted by atomic mass is 10.1. The van der Waals surface area contributed by atoms with E-state index in [1.165, 1.54) is 6.07 Å². The Bertz CT molecular complexity index is 1000. The molecule has 1 aliphatic heterocycles. The van der Waals surface area contributed by atoms with Gasteiger partial charge >= 0.3 is 0 Å². The Morgan fingerprint density at radius 1 is 1.26 bits per heavy atom. The third-order valence-electron chi connectivity index (χ3n) is 3.94. The maximum atomic E-state index is 12.5. The predicted molar refractivity (Wildman–Crippen MR) is 91.7 cm³/mol. The van der Waals surface area contributed by atoms with Crippen LogP contribution in [0, 0.1) is 0 Å². The van der Waals surface area contributed by atoms with E-state index in [1.807, 2.05) is 36.0 Å². The number of phenols is 1. The van der Waals surface area contributed by atoms with Gasteiger partial charge in [-0.25, -0.2) is 0 Å². The summed E-state index contributed by atoms with van der Waals surface area (Å²) in [5.74, 6) is 0.248. The van der Waals surface area contributed by atoms with Gasteiger partial charge in [-0.05, 0) is 36.4 Å². The van der Waals surface area contributed by atoms with Gasteiger partial charge in [-0.2, -0.15) is 0 Å². The highest BCUT2D eigenvalue weighted by Crippen LogP contribution is 2.38. The molecule has 0 radical (unpaired) electrons. The highest BCUT2D eigenvalue weighted by molar-refractivity contribution is 9.10. The van der Waals surface area contributed by atoms with Gasteiger partial charge in [0.1, 0.15) is 17.1 Å². The number of rotatable bonds is 1. The minimum atomic E-state index is -0.301. The summed E-state index contributed by atoms with van der Waals surface area (Å²) >= 11 is 3.47. The van der Waals surface area contributed by atoms with Crippen molar-refractivity contribution in [2.24, 2.45) is 7.05 Å². The van der Waals surface area contributed by atoms with E-state index >= 15 is 0 Å². The fourth-order valence-corrected chi connectivity index (χ4v) is 3.23. The number of allylic oxidation sites excluding steroid dienone is 1. The van der Waals surface area contributed by atoms with E-state index < -0.39 is 0 Å². The first-order valence-corrected chi connectivity index (χ1v) is 7.85. The summed E-state index contributed by atoms with van der Waals surface area (Å²) < 4.78 is 8.59. The third kappa shape index (κ3) is 2.16. The number of hydrogen-bond donors (Lipinski definition) is 1. The normalized spacial score (nSPS) is 15.2. The van der Waals surface area contributed by atoms with Crippen molar-refractivity contribution < 1.29 is 14.6 Å². The molecule has 0 saturated heterocycles. The minimum Gasteiger partial charge on any atom is -0.507 e. The molecule has 23 heavy (non-hydrogen) atoms. The molecule has 2 aromatic carbocycles. The van der Waals surface area contributed by atoms with Gasteiger partial charge in [0.25, 0.3) is 0 Å². The van der Waals surface area contributed by atoms with Crippen LogP contribution < -0.4 is 4.74 Å². The first-order valence-electron chi connectivity index (χ1n) is 7.05. The molecule has 1 aliphatic rings. The number of phenolic OH excluding ortho intramolecular Hbond substituents is 1. The monoisotopic (exact) mass is 369 g/mol. The van der Waals surface area contributed by atoms with Crippen molar-refractivity contribution in [1.82, 2.24) is 4.57 Å². The Labute approximate surface area is 140 Å². The molecular formula is C18H12BrNO3. The fraction of sp³-hybridized carbons (Fsp3) is 0.0556. The van der Waals surface area contributed by atoms with Gasteiger partial charge in [0.2, 0.25) is 5.78 Å². The molecule has 0 unspecified atom stereocenters. The van der Waals surface area contributed by atoms with Crippen molar-refractivity contribution >= 4 is 38.7 Å².